The van der Waals surface area contributed by atoms with E-state index in [2.05, 4.69) is 6.58 Å². The van der Waals surface area contributed by atoms with Gasteiger partial charge in [-0.3, -0.25) is 0 Å². The number of ether oxygens (including phenoxy) is 1. The molecule has 2 unspecified atom stereocenters. The van der Waals surface area contributed by atoms with Crippen LogP contribution in [0.25, 0.3) is 0 Å². The van der Waals surface area contributed by atoms with Gasteiger partial charge in [-0.15, -0.1) is 6.58 Å². The van der Waals surface area contributed by atoms with Crippen LogP contribution < -0.4 is 0 Å². The quantitative estimate of drug-likeness (QED) is 0.359. The number of aliphatic hydroxyl groups excluding tert-OH is 1. The molecule has 0 saturated carbocycles. The van der Waals surface area contributed by atoms with E-state index in [4.69, 9.17) is 9.84 Å². The lowest BCUT2D eigenvalue weighted by molar-refractivity contribution is 0.280. The smallest absolute Gasteiger partial charge is 0.102 e. The van der Waals surface area contributed by atoms with E-state index in [-0.39, 0.29) is 0 Å². The Kier molecular flexibility index (Phi) is 3.60. The Morgan fingerprint density at radius 3 is 2.73 bits per heavy atom. The number of unbranched alkanes of at least 4 members (excludes halogenated alkanes) is 2. The van der Waals surface area contributed by atoms with Crippen LogP contribution in [0.5, 0.6) is 0 Å². The van der Waals surface area contributed by atoms with Crippen LogP contribution in [0.3, 0.4) is 0 Å². The molecule has 64 valence electrons. The lowest BCUT2D eigenvalue weighted by atomic mass is 10.1. The van der Waals surface area contributed by atoms with E-state index in [9.17, 15) is 0 Å². The van der Waals surface area contributed by atoms with Gasteiger partial charge in [0.25, 0.3) is 0 Å². The third-order valence-electron chi connectivity index (χ3n) is 2.00. The topological polar surface area (TPSA) is 32.8 Å². The predicted octanol–water partition coefficient (Wildman–Crippen LogP) is 1.49. The second-order valence-electron chi connectivity index (χ2n) is 2.95. The highest BCUT2D eigenvalue weighted by atomic mass is 16.6. The minimum Gasteiger partial charge on any atom is -0.396 e. The van der Waals surface area contributed by atoms with Crippen LogP contribution in [0.1, 0.15) is 25.7 Å². The normalized spacial score (nSPS) is 28.5. The first-order valence-electron chi connectivity index (χ1n) is 4.27. The third-order valence-corrected chi connectivity index (χ3v) is 2.00. The fourth-order valence-electron chi connectivity index (χ4n) is 1.23. The summed E-state index contributed by atoms with van der Waals surface area (Å²) in [7, 11) is 0. The van der Waals surface area contributed by atoms with Crippen LogP contribution in [0, 0.1) is 0 Å². The van der Waals surface area contributed by atoms with Gasteiger partial charge in [0.15, 0.2) is 0 Å². The average molecular weight is 156 g/mol. The average Bonchev–Trinajstić information content (AvgIpc) is 2.77. The number of rotatable bonds is 6. The summed E-state index contributed by atoms with van der Waals surface area (Å²) in [6.45, 7) is 3.97. The number of hydrogen-bond donors (Lipinski definition) is 1. The first-order valence-corrected chi connectivity index (χ1v) is 4.27. The van der Waals surface area contributed by atoms with Gasteiger partial charge in [-0.1, -0.05) is 18.9 Å². The minimum absolute atomic E-state index is 0.316. The van der Waals surface area contributed by atoms with Crippen LogP contribution in [-0.2, 0) is 4.74 Å². The van der Waals surface area contributed by atoms with E-state index in [1.165, 1.54) is 0 Å². The Hall–Kier alpha value is -0.340. The van der Waals surface area contributed by atoms with Crippen LogP contribution in [0.15, 0.2) is 12.7 Å². The van der Waals surface area contributed by atoms with Crippen molar-refractivity contribution in [2.75, 3.05) is 6.61 Å². The third kappa shape index (κ3) is 3.04. The lowest BCUT2D eigenvalue weighted by Gasteiger charge is -1.94. The number of epoxide rings is 1. The Morgan fingerprint density at radius 2 is 2.18 bits per heavy atom. The highest BCUT2D eigenvalue weighted by Crippen LogP contribution is 2.27. The SMILES string of the molecule is C=CC1OC1CCCCCO. The molecule has 0 radical (unpaired) electrons. The minimum atomic E-state index is 0.316. The summed E-state index contributed by atoms with van der Waals surface area (Å²) in [6, 6.07) is 0. The van der Waals surface area contributed by atoms with Crippen molar-refractivity contribution in [2.45, 2.75) is 37.9 Å². The molecule has 2 atom stereocenters. The summed E-state index contributed by atoms with van der Waals surface area (Å²) in [5, 5.41) is 8.50. The van der Waals surface area contributed by atoms with Crippen LogP contribution in [0.4, 0.5) is 0 Å². The molecule has 2 heteroatoms. The molecule has 1 aliphatic heterocycles. The van der Waals surface area contributed by atoms with Gasteiger partial charge in [0.2, 0.25) is 0 Å². The van der Waals surface area contributed by atoms with E-state index in [1.54, 1.807) is 0 Å². The van der Waals surface area contributed by atoms with Crippen LogP contribution >= 0.6 is 0 Å². The zero-order chi connectivity index (χ0) is 8.10. The van der Waals surface area contributed by atoms with Gasteiger partial charge < -0.3 is 9.84 Å². The van der Waals surface area contributed by atoms with Crippen molar-refractivity contribution < 1.29 is 9.84 Å². The van der Waals surface area contributed by atoms with Gasteiger partial charge in [0.05, 0.1) is 6.10 Å². The van der Waals surface area contributed by atoms with Crippen molar-refractivity contribution in [2.24, 2.45) is 0 Å². The maximum absolute atomic E-state index is 8.50. The maximum atomic E-state index is 8.50. The van der Waals surface area contributed by atoms with Crippen molar-refractivity contribution in [3.05, 3.63) is 12.7 Å². The molecular formula is C9H16O2. The highest BCUT2D eigenvalue weighted by molar-refractivity contribution is 4.97. The van der Waals surface area contributed by atoms with E-state index in [0.29, 0.717) is 18.8 Å². The summed E-state index contributed by atoms with van der Waals surface area (Å²) in [6.07, 6.45) is 6.93. The Morgan fingerprint density at radius 1 is 1.36 bits per heavy atom. The summed E-state index contributed by atoms with van der Waals surface area (Å²) in [4.78, 5) is 0. The molecule has 0 aliphatic carbocycles. The fraction of sp³-hybridized carbons (Fsp3) is 0.778. The fourth-order valence-corrected chi connectivity index (χ4v) is 1.23. The Balaban J connectivity index is 1.85. The van der Waals surface area contributed by atoms with Crippen molar-refractivity contribution in [1.82, 2.24) is 0 Å². The molecule has 0 aromatic rings. The van der Waals surface area contributed by atoms with E-state index in [0.717, 1.165) is 25.7 Å². The van der Waals surface area contributed by atoms with Gasteiger partial charge in [-0.05, 0) is 12.8 Å². The Labute approximate surface area is 67.9 Å². The molecule has 1 N–H and O–H groups in total. The summed E-state index contributed by atoms with van der Waals surface area (Å²) >= 11 is 0. The molecule has 0 aromatic carbocycles. The van der Waals surface area contributed by atoms with Crippen molar-refractivity contribution in [1.29, 1.82) is 0 Å². The molecule has 1 rings (SSSR count). The first-order chi connectivity index (χ1) is 5.38. The molecule has 0 spiro atoms. The van der Waals surface area contributed by atoms with Gasteiger partial charge in [-0.25, -0.2) is 0 Å². The zero-order valence-electron chi connectivity index (χ0n) is 6.83. The summed E-state index contributed by atoms with van der Waals surface area (Å²) in [5.41, 5.74) is 0. The number of hydrogen-bond acceptors (Lipinski definition) is 2. The van der Waals surface area contributed by atoms with Crippen LogP contribution in [-0.4, -0.2) is 23.9 Å². The molecule has 1 saturated heterocycles. The standard InChI is InChI=1S/C9H16O2/c1-2-8-9(11-8)6-4-3-5-7-10/h2,8-10H,1,3-7H2. The van der Waals surface area contributed by atoms with Crippen molar-refractivity contribution in [3.8, 4) is 0 Å². The zero-order valence-corrected chi connectivity index (χ0v) is 6.83. The monoisotopic (exact) mass is 156 g/mol. The van der Waals surface area contributed by atoms with E-state index >= 15 is 0 Å². The predicted molar refractivity (Wildman–Crippen MR) is 44.4 cm³/mol. The van der Waals surface area contributed by atoms with Crippen molar-refractivity contribution in [3.63, 3.8) is 0 Å². The molecule has 1 aliphatic rings. The molecule has 1 heterocycles. The summed E-state index contributed by atoms with van der Waals surface area (Å²) < 4.78 is 5.27. The van der Waals surface area contributed by atoms with E-state index < -0.39 is 0 Å². The molecule has 0 aromatic heterocycles. The first kappa shape index (κ1) is 8.75. The highest BCUT2D eigenvalue weighted by Gasteiger charge is 2.34. The number of aliphatic hydroxyl groups is 1. The second kappa shape index (κ2) is 4.52. The molecule has 0 bridgehead atoms. The van der Waals surface area contributed by atoms with Gasteiger partial charge in [-0.2, -0.15) is 0 Å². The molecule has 1 fully saturated rings. The van der Waals surface area contributed by atoms with E-state index in [1.807, 2.05) is 6.08 Å². The van der Waals surface area contributed by atoms with Gasteiger partial charge in [0.1, 0.15) is 6.10 Å². The summed E-state index contributed by atoms with van der Waals surface area (Å²) in [5.74, 6) is 0. The Bertz CT molecular complexity index is 123. The molecule has 11 heavy (non-hydrogen) atoms. The largest absolute Gasteiger partial charge is 0.396 e. The molecule has 0 amide bonds. The maximum Gasteiger partial charge on any atom is 0.102 e. The second-order valence-corrected chi connectivity index (χ2v) is 2.95. The van der Waals surface area contributed by atoms with Gasteiger partial charge >= 0.3 is 0 Å². The van der Waals surface area contributed by atoms with Crippen LogP contribution in [0.2, 0.25) is 0 Å². The van der Waals surface area contributed by atoms with Gasteiger partial charge in [0, 0.05) is 6.61 Å². The van der Waals surface area contributed by atoms with Crippen molar-refractivity contribution >= 4 is 0 Å². The molecular weight excluding hydrogens is 140 g/mol. The molecule has 2 nitrogen and oxygen atoms in total. The lowest BCUT2D eigenvalue weighted by Crippen LogP contribution is -1.91.